The molecule has 0 unspecified atom stereocenters. The highest BCUT2D eigenvalue weighted by atomic mass is 32.1. The maximum Gasteiger partial charge on any atom is 0.123 e. The lowest BCUT2D eigenvalue weighted by Gasteiger charge is -2.21. The first-order valence-corrected chi connectivity index (χ1v) is 10.6. The van der Waals surface area contributed by atoms with Crippen molar-refractivity contribution in [2.45, 2.75) is 6.17 Å². The summed E-state index contributed by atoms with van der Waals surface area (Å²) in [7, 11) is 0. The molecule has 3 heterocycles. The van der Waals surface area contributed by atoms with Crippen molar-refractivity contribution in [1.82, 2.24) is 0 Å². The monoisotopic (exact) mass is 384 g/mol. The van der Waals surface area contributed by atoms with E-state index in [1.165, 1.54) is 46.9 Å². The number of nitrogens with one attached hydrogen (secondary N) is 2. The number of anilines is 2. The van der Waals surface area contributed by atoms with E-state index in [4.69, 9.17) is 0 Å². The Bertz CT molecular complexity index is 1200. The molecule has 1 aliphatic rings. The molecular weight excluding hydrogens is 368 g/mol. The summed E-state index contributed by atoms with van der Waals surface area (Å²) in [6.07, 6.45) is 0.0298. The molecule has 0 aliphatic carbocycles. The second-order valence-corrected chi connectivity index (χ2v) is 8.84. The minimum absolute atomic E-state index is 0.0298. The summed E-state index contributed by atoms with van der Waals surface area (Å²) in [4.78, 5) is 2.66. The lowest BCUT2D eigenvalue weighted by atomic mass is 10.1. The Hall–Kier alpha value is -2.82. The van der Waals surface area contributed by atoms with Gasteiger partial charge < -0.3 is 10.6 Å². The minimum Gasteiger partial charge on any atom is -0.360 e. The fraction of sp³-hybridized carbons (Fsp3) is 0.0435. The van der Waals surface area contributed by atoms with Crippen LogP contribution in [-0.2, 0) is 0 Å². The van der Waals surface area contributed by atoms with Crippen molar-refractivity contribution in [3.05, 3.63) is 84.4 Å². The molecule has 5 aromatic rings. The third kappa shape index (κ3) is 2.30. The van der Waals surface area contributed by atoms with Crippen molar-refractivity contribution >= 4 is 54.2 Å². The van der Waals surface area contributed by atoms with E-state index >= 15 is 0 Å². The number of rotatable bonds is 1. The highest BCUT2D eigenvalue weighted by molar-refractivity contribution is 7.29. The first-order chi connectivity index (χ1) is 13.4. The zero-order valence-corrected chi connectivity index (χ0v) is 16.0. The standard InChI is InChI=1S/C23H16N2S2/c1-2-8-14(9-3-1)23-24-19-15-10-4-6-12-17(15)26-21(19)22-20(25-23)16-11-5-7-13-18(16)27-22/h1-13,23-25H. The molecule has 0 fully saturated rings. The van der Waals surface area contributed by atoms with Crippen LogP contribution in [0.1, 0.15) is 11.7 Å². The van der Waals surface area contributed by atoms with Gasteiger partial charge in [-0.25, -0.2) is 0 Å². The van der Waals surface area contributed by atoms with Crippen LogP contribution in [0.25, 0.3) is 29.9 Å². The second-order valence-electron chi connectivity index (χ2n) is 6.74. The van der Waals surface area contributed by atoms with Gasteiger partial charge in [0.15, 0.2) is 0 Å². The Labute approximate surface area is 165 Å². The zero-order chi connectivity index (χ0) is 17.8. The largest absolute Gasteiger partial charge is 0.360 e. The van der Waals surface area contributed by atoms with Gasteiger partial charge in [-0.3, -0.25) is 0 Å². The third-order valence-corrected chi connectivity index (χ3v) is 7.61. The van der Waals surface area contributed by atoms with Gasteiger partial charge in [0.2, 0.25) is 0 Å². The smallest absolute Gasteiger partial charge is 0.123 e. The summed E-state index contributed by atoms with van der Waals surface area (Å²) in [6, 6.07) is 28.0. The predicted molar refractivity (Wildman–Crippen MR) is 119 cm³/mol. The summed E-state index contributed by atoms with van der Waals surface area (Å²) < 4.78 is 2.65. The Morgan fingerprint density at radius 2 is 1.04 bits per heavy atom. The highest BCUT2D eigenvalue weighted by Crippen LogP contribution is 2.53. The van der Waals surface area contributed by atoms with E-state index in [2.05, 4.69) is 89.5 Å². The van der Waals surface area contributed by atoms with Gasteiger partial charge in [-0.2, -0.15) is 0 Å². The van der Waals surface area contributed by atoms with Crippen LogP contribution in [0.2, 0.25) is 0 Å². The molecule has 3 aromatic carbocycles. The van der Waals surface area contributed by atoms with Crippen molar-refractivity contribution < 1.29 is 0 Å². The van der Waals surface area contributed by atoms with Crippen LogP contribution >= 0.6 is 22.7 Å². The lowest BCUT2D eigenvalue weighted by molar-refractivity contribution is 0.913. The summed E-state index contributed by atoms with van der Waals surface area (Å²) in [5.74, 6) is 0. The Morgan fingerprint density at radius 1 is 0.556 bits per heavy atom. The van der Waals surface area contributed by atoms with Crippen LogP contribution in [0, 0.1) is 0 Å². The predicted octanol–water partition coefficient (Wildman–Crippen LogP) is 7.32. The summed E-state index contributed by atoms with van der Waals surface area (Å²) in [6.45, 7) is 0. The molecule has 130 valence electrons. The molecule has 2 nitrogen and oxygen atoms in total. The molecule has 2 aromatic heterocycles. The highest BCUT2D eigenvalue weighted by Gasteiger charge is 2.27. The van der Waals surface area contributed by atoms with E-state index in [0.717, 1.165) is 0 Å². The van der Waals surface area contributed by atoms with Crippen molar-refractivity contribution in [3.63, 3.8) is 0 Å². The summed E-state index contributed by atoms with van der Waals surface area (Å²) in [5.41, 5.74) is 3.71. The fourth-order valence-corrected chi connectivity index (χ4v) is 6.31. The average Bonchev–Trinajstić information content (AvgIpc) is 3.22. The van der Waals surface area contributed by atoms with Crippen LogP contribution in [0.3, 0.4) is 0 Å². The molecule has 0 saturated heterocycles. The van der Waals surface area contributed by atoms with Gasteiger partial charge in [-0.1, -0.05) is 66.7 Å². The van der Waals surface area contributed by atoms with Crippen LogP contribution in [-0.4, -0.2) is 0 Å². The minimum atomic E-state index is 0.0298. The topological polar surface area (TPSA) is 24.1 Å². The van der Waals surface area contributed by atoms with Crippen molar-refractivity contribution in [3.8, 4) is 9.75 Å². The van der Waals surface area contributed by atoms with Gasteiger partial charge in [0.25, 0.3) is 0 Å². The van der Waals surface area contributed by atoms with E-state index < -0.39 is 0 Å². The quantitative estimate of drug-likeness (QED) is 0.316. The molecule has 0 saturated carbocycles. The Balaban J connectivity index is 1.68. The molecule has 1 aliphatic heterocycles. The van der Waals surface area contributed by atoms with E-state index in [1.54, 1.807) is 0 Å². The van der Waals surface area contributed by atoms with Crippen LogP contribution in [0.15, 0.2) is 78.9 Å². The van der Waals surface area contributed by atoms with Crippen LogP contribution in [0.4, 0.5) is 11.4 Å². The molecule has 0 atom stereocenters. The van der Waals surface area contributed by atoms with Crippen molar-refractivity contribution in [1.29, 1.82) is 0 Å². The summed E-state index contributed by atoms with van der Waals surface area (Å²) >= 11 is 3.75. The van der Waals surface area contributed by atoms with Crippen molar-refractivity contribution in [2.75, 3.05) is 10.6 Å². The molecule has 0 bridgehead atoms. The normalized spacial score (nSPS) is 13.6. The van der Waals surface area contributed by atoms with E-state index in [0.29, 0.717) is 0 Å². The number of benzene rings is 3. The molecule has 4 heteroatoms. The Kier molecular flexibility index (Phi) is 3.30. The van der Waals surface area contributed by atoms with Gasteiger partial charge in [0, 0.05) is 20.2 Å². The van der Waals surface area contributed by atoms with Crippen LogP contribution < -0.4 is 10.6 Å². The van der Waals surface area contributed by atoms with Gasteiger partial charge in [-0.05, 0) is 17.7 Å². The number of hydrogen-bond acceptors (Lipinski definition) is 4. The number of thiophene rings is 2. The van der Waals surface area contributed by atoms with E-state index in [-0.39, 0.29) is 6.17 Å². The van der Waals surface area contributed by atoms with Crippen molar-refractivity contribution in [2.24, 2.45) is 0 Å². The Morgan fingerprint density at radius 3 is 1.59 bits per heavy atom. The van der Waals surface area contributed by atoms with Gasteiger partial charge >= 0.3 is 0 Å². The van der Waals surface area contributed by atoms with Gasteiger partial charge in [0.05, 0.1) is 21.1 Å². The molecule has 27 heavy (non-hydrogen) atoms. The maximum atomic E-state index is 3.80. The van der Waals surface area contributed by atoms with Crippen LogP contribution in [0.5, 0.6) is 0 Å². The molecule has 0 spiro atoms. The van der Waals surface area contributed by atoms with Gasteiger partial charge in [-0.15, -0.1) is 22.7 Å². The molecular formula is C23H16N2S2. The molecule has 2 N–H and O–H groups in total. The number of fused-ring (bicyclic) bond motifs is 7. The maximum absolute atomic E-state index is 3.80. The lowest BCUT2D eigenvalue weighted by Crippen LogP contribution is -2.18. The second kappa shape index (κ2) is 5.84. The fourth-order valence-electron chi connectivity index (χ4n) is 3.83. The molecule has 6 rings (SSSR count). The van der Waals surface area contributed by atoms with E-state index in [9.17, 15) is 0 Å². The number of hydrogen-bond donors (Lipinski definition) is 2. The third-order valence-electron chi connectivity index (χ3n) is 5.11. The molecule has 0 radical (unpaired) electrons. The summed E-state index contributed by atoms with van der Waals surface area (Å²) in [5, 5.41) is 10.2. The van der Waals surface area contributed by atoms with E-state index in [1.807, 2.05) is 22.7 Å². The molecule has 0 amide bonds. The first kappa shape index (κ1) is 15.3. The zero-order valence-electron chi connectivity index (χ0n) is 14.4. The first-order valence-electron chi connectivity index (χ1n) is 9.00. The average molecular weight is 385 g/mol. The SMILES string of the molecule is c1ccc(C2Nc3c(sc4ccccc34)-c3sc4ccccc4c3N2)cc1. The van der Waals surface area contributed by atoms with Gasteiger partial charge in [0.1, 0.15) is 6.17 Å².